The Labute approximate surface area is 167 Å². The van der Waals surface area contributed by atoms with Crippen LogP contribution in [0, 0.1) is 5.92 Å². The Balaban J connectivity index is 0.000000687. The van der Waals surface area contributed by atoms with E-state index in [-0.39, 0.29) is 29.5 Å². The maximum Gasteiger partial charge on any atom is 0.327 e. The highest BCUT2D eigenvalue weighted by Crippen LogP contribution is 2.37. The number of hydrogen-bond donors (Lipinski definition) is 3. The lowest BCUT2D eigenvalue weighted by Crippen LogP contribution is -2.58. The molecule has 0 saturated carbocycles. The van der Waals surface area contributed by atoms with Crippen LogP contribution in [-0.2, 0) is 9.59 Å². The molecule has 1 spiro atoms. The number of rotatable bonds is 3. The zero-order valence-electron chi connectivity index (χ0n) is 17.0. The number of nitrogens with one attached hydrogen (secondary N) is 2. The Morgan fingerprint density at radius 2 is 1.76 bits per heavy atom. The number of hydrogen-bond acceptors (Lipinski definition) is 5. The number of aromatic nitrogens is 2. The van der Waals surface area contributed by atoms with E-state index in [9.17, 15) is 19.2 Å². The molecule has 1 aromatic heterocycles. The molecular weight excluding hydrogens is 382 g/mol. The molecule has 0 aliphatic carbocycles. The number of imidazole rings is 1. The number of carboxylic acid groups (broad SMARTS) is 1. The van der Waals surface area contributed by atoms with Gasteiger partial charge >= 0.3 is 11.7 Å². The van der Waals surface area contributed by atoms with Gasteiger partial charge in [-0.25, -0.2) is 9.59 Å². The molecule has 3 N–H and O–H groups in total. The summed E-state index contributed by atoms with van der Waals surface area (Å²) in [4.78, 5) is 67.1. The normalized spacial score (nSPS) is 18.3. The minimum absolute atomic E-state index is 0.194. The summed E-state index contributed by atoms with van der Waals surface area (Å²) in [7, 11) is 1.51. The first-order chi connectivity index (χ1) is 13.5. The Hall–Kier alpha value is -3.11. The van der Waals surface area contributed by atoms with Crippen LogP contribution in [0.25, 0.3) is 0 Å². The number of aromatic amines is 2. The molecule has 0 atom stereocenters. The van der Waals surface area contributed by atoms with Gasteiger partial charge in [0.15, 0.2) is 0 Å². The molecule has 0 bridgehead atoms. The van der Waals surface area contributed by atoms with E-state index < -0.39 is 17.2 Å². The zero-order chi connectivity index (χ0) is 21.9. The topological polar surface area (TPSA) is 147 Å². The minimum Gasteiger partial charge on any atom is -0.481 e. The van der Waals surface area contributed by atoms with Gasteiger partial charge in [-0.2, -0.15) is 0 Å². The summed E-state index contributed by atoms with van der Waals surface area (Å²) in [6, 6.07) is -0.270. The van der Waals surface area contributed by atoms with E-state index in [1.165, 1.54) is 18.1 Å². The standard InChI is InChI=1S/C16H23N5O4.C2H4O2/c1-10(2)9-21-15(25)19(3)13(23)16(21)4-6-20(7-5-16)12(22)11-8-17-14(24)18-11;1-2(3)4/h8,10H,4-7,9H2,1-3H3,(H2,17,18,24);1H3,(H,3,4). The maximum atomic E-state index is 12.7. The largest absolute Gasteiger partial charge is 0.481 e. The van der Waals surface area contributed by atoms with Crippen LogP contribution in [0.1, 0.15) is 44.1 Å². The number of carboxylic acids is 1. The molecule has 160 valence electrons. The van der Waals surface area contributed by atoms with E-state index >= 15 is 0 Å². The Morgan fingerprint density at radius 1 is 1.21 bits per heavy atom. The fraction of sp³-hybridized carbons (Fsp3) is 0.611. The molecule has 2 fully saturated rings. The third kappa shape index (κ3) is 4.49. The maximum absolute atomic E-state index is 12.7. The minimum atomic E-state index is -0.863. The van der Waals surface area contributed by atoms with E-state index in [0.29, 0.717) is 32.5 Å². The monoisotopic (exact) mass is 409 g/mol. The molecule has 3 heterocycles. The van der Waals surface area contributed by atoms with Gasteiger partial charge < -0.3 is 24.9 Å². The van der Waals surface area contributed by atoms with Gasteiger partial charge in [-0.1, -0.05) is 13.8 Å². The number of piperidine rings is 1. The molecule has 0 radical (unpaired) electrons. The number of carbonyl (C=O) groups is 4. The summed E-state index contributed by atoms with van der Waals surface area (Å²) in [5, 5.41) is 7.42. The van der Waals surface area contributed by atoms with Crippen molar-refractivity contribution in [2.45, 2.75) is 39.2 Å². The molecule has 29 heavy (non-hydrogen) atoms. The second-order valence-corrected chi connectivity index (χ2v) is 7.65. The van der Waals surface area contributed by atoms with Gasteiger partial charge in [0.1, 0.15) is 11.2 Å². The van der Waals surface area contributed by atoms with Crippen LogP contribution in [0.3, 0.4) is 0 Å². The quantitative estimate of drug-likeness (QED) is 0.613. The SMILES string of the molecule is CC(=O)O.CC(C)CN1C(=O)N(C)C(=O)C12CCN(C(=O)c1c[nH]c(=O)[nH]1)CC2. The average molecular weight is 409 g/mol. The molecule has 1 aromatic rings. The fourth-order valence-electron chi connectivity index (χ4n) is 3.68. The summed E-state index contributed by atoms with van der Waals surface area (Å²) < 4.78 is 0. The average Bonchev–Trinajstić information content (AvgIpc) is 3.15. The van der Waals surface area contributed by atoms with Crippen LogP contribution in [0.4, 0.5) is 4.79 Å². The smallest absolute Gasteiger partial charge is 0.327 e. The molecule has 0 unspecified atom stereocenters. The van der Waals surface area contributed by atoms with Gasteiger partial charge in [-0.3, -0.25) is 19.3 Å². The van der Waals surface area contributed by atoms with Gasteiger partial charge in [0.25, 0.3) is 17.8 Å². The van der Waals surface area contributed by atoms with Gasteiger partial charge in [-0.05, 0) is 18.8 Å². The first-order valence-electron chi connectivity index (χ1n) is 9.36. The summed E-state index contributed by atoms with van der Waals surface area (Å²) in [6.45, 7) is 6.31. The molecule has 2 saturated heterocycles. The van der Waals surface area contributed by atoms with Crippen molar-refractivity contribution in [3.63, 3.8) is 0 Å². The number of H-pyrrole nitrogens is 2. The van der Waals surface area contributed by atoms with Crippen LogP contribution >= 0.6 is 0 Å². The highest BCUT2D eigenvalue weighted by atomic mass is 16.4. The van der Waals surface area contributed by atoms with Crippen LogP contribution in [0.5, 0.6) is 0 Å². The van der Waals surface area contributed by atoms with Crippen molar-refractivity contribution >= 4 is 23.8 Å². The third-order valence-electron chi connectivity index (χ3n) is 4.99. The molecule has 2 aliphatic rings. The van der Waals surface area contributed by atoms with E-state index in [1.54, 1.807) is 9.80 Å². The first-order valence-corrected chi connectivity index (χ1v) is 9.36. The number of aliphatic carboxylic acids is 1. The summed E-state index contributed by atoms with van der Waals surface area (Å²) in [5.74, 6) is -1.07. The molecular formula is C18H27N5O6. The number of amides is 4. The van der Waals surface area contributed by atoms with E-state index in [0.717, 1.165) is 6.92 Å². The van der Waals surface area contributed by atoms with Crippen molar-refractivity contribution in [3.8, 4) is 0 Å². The predicted octanol–water partition coefficient (Wildman–Crippen LogP) is 0.319. The van der Waals surface area contributed by atoms with E-state index in [4.69, 9.17) is 9.90 Å². The number of carbonyl (C=O) groups excluding carboxylic acids is 3. The first kappa shape index (κ1) is 22.2. The van der Waals surface area contributed by atoms with E-state index in [2.05, 4.69) is 9.97 Å². The predicted molar refractivity (Wildman–Crippen MR) is 102 cm³/mol. The van der Waals surface area contributed by atoms with Crippen LogP contribution in [0.15, 0.2) is 11.0 Å². The lowest BCUT2D eigenvalue weighted by molar-refractivity contribution is -0.135. The second kappa shape index (κ2) is 8.50. The number of likely N-dealkylation sites (tertiary alicyclic amines) is 1. The summed E-state index contributed by atoms with van der Waals surface area (Å²) >= 11 is 0. The number of nitrogens with zero attached hydrogens (tertiary/aromatic N) is 3. The van der Waals surface area contributed by atoms with Gasteiger partial charge in [0.2, 0.25) is 0 Å². The Bertz CT molecular complexity index is 845. The number of urea groups is 1. The summed E-state index contributed by atoms with van der Waals surface area (Å²) in [6.07, 6.45) is 2.14. The highest BCUT2D eigenvalue weighted by molar-refractivity contribution is 6.07. The summed E-state index contributed by atoms with van der Waals surface area (Å²) in [5.41, 5.74) is -1.10. The van der Waals surface area contributed by atoms with Crippen molar-refractivity contribution in [2.75, 3.05) is 26.7 Å². The lowest BCUT2D eigenvalue weighted by Gasteiger charge is -2.42. The van der Waals surface area contributed by atoms with E-state index in [1.807, 2.05) is 13.8 Å². The zero-order valence-corrected chi connectivity index (χ0v) is 17.0. The highest BCUT2D eigenvalue weighted by Gasteiger charge is 2.57. The van der Waals surface area contributed by atoms with Crippen LogP contribution in [-0.4, -0.2) is 85.8 Å². The van der Waals surface area contributed by atoms with Crippen LogP contribution < -0.4 is 5.69 Å². The third-order valence-corrected chi connectivity index (χ3v) is 4.99. The molecule has 3 rings (SSSR count). The Morgan fingerprint density at radius 3 is 2.21 bits per heavy atom. The fourth-order valence-corrected chi connectivity index (χ4v) is 3.68. The molecule has 0 aromatic carbocycles. The number of imide groups is 1. The molecule has 2 aliphatic heterocycles. The van der Waals surface area contributed by atoms with Gasteiger partial charge in [-0.15, -0.1) is 0 Å². The van der Waals surface area contributed by atoms with Crippen molar-refractivity contribution in [1.82, 2.24) is 24.7 Å². The lowest BCUT2D eigenvalue weighted by atomic mass is 9.85. The van der Waals surface area contributed by atoms with Gasteiger partial charge in [0.05, 0.1) is 0 Å². The van der Waals surface area contributed by atoms with Crippen molar-refractivity contribution in [3.05, 3.63) is 22.4 Å². The molecule has 11 nitrogen and oxygen atoms in total. The van der Waals surface area contributed by atoms with Gasteiger partial charge in [0, 0.05) is 39.8 Å². The second-order valence-electron chi connectivity index (χ2n) is 7.65. The van der Waals surface area contributed by atoms with Crippen LogP contribution in [0.2, 0.25) is 0 Å². The van der Waals surface area contributed by atoms with Crippen molar-refractivity contribution < 1.29 is 24.3 Å². The number of likely N-dealkylation sites (N-methyl/N-ethyl adjacent to an activating group) is 1. The van der Waals surface area contributed by atoms with Crippen molar-refractivity contribution in [2.24, 2.45) is 5.92 Å². The Kier molecular flexibility index (Phi) is 6.50. The molecule has 11 heteroatoms. The van der Waals surface area contributed by atoms with Crippen molar-refractivity contribution in [1.29, 1.82) is 0 Å². The molecule has 4 amide bonds.